The van der Waals surface area contributed by atoms with Gasteiger partial charge in [-0.1, -0.05) is 0 Å². The van der Waals surface area contributed by atoms with Gasteiger partial charge in [0.25, 0.3) is 0 Å². The van der Waals surface area contributed by atoms with Crippen molar-refractivity contribution in [3.63, 3.8) is 0 Å². The first-order valence-electron chi connectivity index (χ1n) is 8.24. The van der Waals surface area contributed by atoms with Crippen molar-refractivity contribution in [2.45, 2.75) is 38.4 Å². The van der Waals surface area contributed by atoms with E-state index < -0.39 is 0 Å². The SMILES string of the molecule is Cc1[nH]cnc1CSCCN1CC2(CCNCC2)CCC1=O. The van der Waals surface area contributed by atoms with Gasteiger partial charge >= 0.3 is 0 Å². The zero-order chi connectivity index (χ0) is 15.4. The third kappa shape index (κ3) is 3.66. The topological polar surface area (TPSA) is 61.0 Å². The molecule has 2 N–H and O–H groups in total. The van der Waals surface area contributed by atoms with Crippen LogP contribution in [0, 0.1) is 12.3 Å². The molecule has 0 unspecified atom stereocenters. The van der Waals surface area contributed by atoms with E-state index in [0.717, 1.165) is 61.9 Å². The van der Waals surface area contributed by atoms with Gasteiger partial charge in [-0.2, -0.15) is 11.8 Å². The quantitative estimate of drug-likeness (QED) is 0.814. The number of hydrogen-bond donors (Lipinski definition) is 2. The number of nitrogens with zero attached hydrogens (tertiary/aromatic N) is 2. The molecule has 2 saturated heterocycles. The number of carbonyl (C=O) groups excluding carboxylic acids is 1. The summed E-state index contributed by atoms with van der Waals surface area (Å²) in [7, 11) is 0. The molecular formula is C16H26N4OS. The van der Waals surface area contributed by atoms with Gasteiger partial charge in [0.05, 0.1) is 12.0 Å². The lowest BCUT2D eigenvalue weighted by Crippen LogP contribution is -2.51. The molecule has 2 aliphatic heterocycles. The van der Waals surface area contributed by atoms with E-state index in [4.69, 9.17) is 0 Å². The molecule has 0 saturated carbocycles. The molecular weight excluding hydrogens is 296 g/mol. The Morgan fingerprint density at radius 2 is 2.18 bits per heavy atom. The number of aromatic amines is 1. The highest BCUT2D eigenvalue weighted by Crippen LogP contribution is 2.38. The van der Waals surface area contributed by atoms with E-state index in [1.54, 1.807) is 6.33 Å². The van der Waals surface area contributed by atoms with Gasteiger partial charge in [-0.05, 0) is 44.7 Å². The zero-order valence-corrected chi connectivity index (χ0v) is 14.2. The summed E-state index contributed by atoms with van der Waals surface area (Å²) >= 11 is 1.87. The Balaban J connectivity index is 1.46. The van der Waals surface area contributed by atoms with Crippen LogP contribution < -0.4 is 5.32 Å². The Hall–Kier alpha value is -1.01. The van der Waals surface area contributed by atoms with Gasteiger partial charge < -0.3 is 15.2 Å². The molecule has 0 aromatic carbocycles. The van der Waals surface area contributed by atoms with Crippen LogP contribution in [0.1, 0.15) is 37.1 Å². The second-order valence-corrected chi connectivity index (χ2v) is 7.70. The van der Waals surface area contributed by atoms with Crippen LogP contribution in [0.25, 0.3) is 0 Å². The van der Waals surface area contributed by atoms with E-state index >= 15 is 0 Å². The highest BCUT2D eigenvalue weighted by molar-refractivity contribution is 7.98. The number of piperidine rings is 2. The van der Waals surface area contributed by atoms with Gasteiger partial charge in [-0.3, -0.25) is 4.79 Å². The monoisotopic (exact) mass is 322 g/mol. The summed E-state index contributed by atoms with van der Waals surface area (Å²) < 4.78 is 0. The summed E-state index contributed by atoms with van der Waals surface area (Å²) in [5, 5.41) is 3.44. The first kappa shape index (κ1) is 15.9. The maximum absolute atomic E-state index is 12.2. The van der Waals surface area contributed by atoms with Crippen molar-refractivity contribution in [1.82, 2.24) is 20.2 Å². The highest BCUT2D eigenvalue weighted by Gasteiger charge is 2.39. The maximum atomic E-state index is 12.2. The Morgan fingerprint density at radius 3 is 2.91 bits per heavy atom. The standard InChI is InChI=1S/C16H26N4OS/c1-13-14(19-12-18-13)10-22-9-8-20-11-16(3-2-15(20)21)4-6-17-7-5-16/h12,17H,2-11H2,1H3,(H,18,19). The van der Waals surface area contributed by atoms with Crippen molar-refractivity contribution in [2.24, 2.45) is 5.41 Å². The normalized spacial score (nSPS) is 21.5. The molecule has 0 radical (unpaired) electrons. The molecule has 1 aromatic rings. The van der Waals surface area contributed by atoms with E-state index in [2.05, 4.69) is 27.1 Å². The Kier molecular flexibility index (Phi) is 5.08. The second-order valence-electron chi connectivity index (χ2n) is 6.59. The molecule has 2 aliphatic rings. The van der Waals surface area contributed by atoms with E-state index in [0.29, 0.717) is 11.3 Å². The fourth-order valence-electron chi connectivity index (χ4n) is 3.55. The maximum Gasteiger partial charge on any atom is 0.222 e. The number of carbonyl (C=O) groups is 1. The summed E-state index contributed by atoms with van der Waals surface area (Å²) in [6.45, 7) is 6.11. The third-order valence-corrected chi connectivity index (χ3v) is 6.04. The minimum atomic E-state index is 0.348. The number of thioether (sulfide) groups is 1. The number of imidazole rings is 1. The molecule has 2 fully saturated rings. The van der Waals surface area contributed by atoms with Gasteiger partial charge in [0.15, 0.2) is 0 Å². The average molecular weight is 322 g/mol. The largest absolute Gasteiger partial charge is 0.348 e. The molecule has 1 amide bonds. The Morgan fingerprint density at radius 1 is 1.36 bits per heavy atom. The van der Waals surface area contributed by atoms with E-state index in [1.807, 2.05) is 11.8 Å². The number of hydrogen-bond acceptors (Lipinski definition) is 4. The van der Waals surface area contributed by atoms with Crippen LogP contribution in [0.3, 0.4) is 0 Å². The summed E-state index contributed by atoms with van der Waals surface area (Å²) in [6, 6.07) is 0. The number of H-pyrrole nitrogens is 1. The highest BCUT2D eigenvalue weighted by atomic mass is 32.2. The second kappa shape index (κ2) is 7.04. The molecule has 5 nitrogen and oxygen atoms in total. The van der Waals surface area contributed by atoms with Crippen LogP contribution in [0.15, 0.2) is 6.33 Å². The van der Waals surface area contributed by atoms with Gasteiger partial charge in [0.1, 0.15) is 0 Å². The van der Waals surface area contributed by atoms with E-state index in [9.17, 15) is 4.79 Å². The summed E-state index contributed by atoms with van der Waals surface area (Å²) in [5.74, 6) is 2.26. The molecule has 1 spiro atoms. The number of rotatable bonds is 5. The molecule has 1 aromatic heterocycles. The lowest BCUT2D eigenvalue weighted by Gasteiger charge is -2.45. The molecule has 3 rings (SSSR count). The van der Waals surface area contributed by atoms with Crippen molar-refractivity contribution >= 4 is 17.7 Å². The molecule has 122 valence electrons. The van der Waals surface area contributed by atoms with E-state index in [1.165, 1.54) is 12.8 Å². The molecule has 0 atom stereocenters. The minimum Gasteiger partial charge on any atom is -0.348 e. The zero-order valence-electron chi connectivity index (χ0n) is 13.4. The summed E-state index contributed by atoms with van der Waals surface area (Å²) in [6.07, 6.45) is 6.01. The first-order valence-corrected chi connectivity index (χ1v) is 9.39. The van der Waals surface area contributed by atoms with Gasteiger partial charge in [0.2, 0.25) is 5.91 Å². The average Bonchev–Trinajstić information content (AvgIpc) is 2.93. The lowest BCUT2D eigenvalue weighted by atomic mass is 9.73. The van der Waals surface area contributed by atoms with Gasteiger partial charge in [-0.15, -0.1) is 0 Å². The Labute approximate surface area is 136 Å². The predicted molar refractivity (Wildman–Crippen MR) is 89.8 cm³/mol. The number of likely N-dealkylation sites (tertiary alicyclic amines) is 1. The molecule has 22 heavy (non-hydrogen) atoms. The van der Waals surface area contributed by atoms with Crippen LogP contribution in [0.2, 0.25) is 0 Å². The lowest BCUT2D eigenvalue weighted by molar-refractivity contribution is -0.138. The van der Waals surface area contributed by atoms with Crippen molar-refractivity contribution in [1.29, 1.82) is 0 Å². The number of aryl methyl sites for hydroxylation is 1. The minimum absolute atomic E-state index is 0.348. The Bertz CT molecular complexity index is 510. The predicted octanol–water partition coefficient (Wildman–Crippen LogP) is 1.94. The molecule has 6 heteroatoms. The van der Waals surface area contributed by atoms with Crippen LogP contribution in [0.4, 0.5) is 0 Å². The number of amides is 1. The van der Waals surface area contributed by atoms with Crippen LogP contribution in [0.5, 0.6) is 0 Å². The van der Waals surface area contributed by atoms with Crippen LogP contribution in [-0.2, 0) is 10.5 Å². The number of aromatic nitrogens is 2. The smallest absolute Gasteiger partial charge is 0.222 e. The first-order chi connectivity index (χ1) is 10.7. The van der Waals surface area contributed by atoms with E-state index in [-0.39, 0.29) is 0 Å². The molecule has 3 heterocycles. The van der Waals surface area contributed by atoms with Crippen molar-refractivity contribution in [3.8, 4) is 0 Å². The van der Waals surface area contributed by atoms with Crippen LogP contribution >= 0.6 is 11.8 Å². The van der Waals surface area contributed by atoms with Gasteiger partial charge in [0, 0.05) is 36.7 Å². The molecule has 0 bridgehead atoms. The third-order valence-electron chi connectivity index (χ3n) is 5.09. The van der Waals surface area contributed by atoms with Crippen molar-refractivity contribution < 1.29 is 4.79 Å². The fourth-order valence-corrected chi connectivity index (χ4v) is 4.53. The summed E-state index contributed by atoms with van der Waals surface area (Å²) in [4.78, 5) is 21.7. The number of nitrogens with one attached hydrogen (secondary N) is 2. The molecule has 0 aliphatic carbocycles. The van der Waals surface area contributed by atoms with Crippen LogP contribution in [-0.4, -0.2) is 52.7 Å². The van der Waals surface area contributed by atoms with Crippen molar-refractivity contribution in [3.05, 3.63) is 17.7 Å². The fraction of sp³-hybridized carbons (Fsp3) is 0.750. The van der Waals surface area contributed by atoms with Crippen molar-refractivity contribution in [2.75, 3.05) is 31.9 Å². The summed E-state index contributed by atoms with van der Waals surface area (Å²) in [5.41, 5.74) is 2.67. The van der Waals surface area contributed by atoms with Gasteiger partial charge in [-0.25, -0.2) is 4.98 Å².